The van der Waals surface area contributed by atoms with Crippen LogP contribution in [0.1, 0.15) is 34.6 Å². The zero-order chi connectivity index (χ0) is 25.1. The van der Waals surface area contributed by atoms with E-state index in [4.69, 9.17) is 30.5 Å². The minimum Gasteiger partial charge on any atom is -0.492 e. The van der Waals surface area contributed by atoms with Crippen molar-refractivity contribution in [3.05, 3.63) is 35.4 Å². The topological polar surface area (TPSA) is 108 Å². The summed E-state index contributed by atoms with van der Waals surface area (Å²) in [6, 6.07) is 7.01. The van der Waals surface area contributed by atoms with Gasteiger partial charge < -0.3 is 24.3 Å². The number of anilines is 1. The number of halogens is 1. The van der Waals surface area contributed by atoms with Crippen molar-refractivity contribution in [2.24, 2.45) is 10.2 Å². The second kappa shape index (κ2) is 13.4. The van der Waals surface area contributed by atoms with Gasteiger partial charge in [0.2, 0.25) is 6.04 Å². The zero-order valence-corrected chi connectivity index (χ0v) is 20.8. The molecule has 0 aliphatic carbocycles. The molecule has 2 rings (SSSR count). The first kappa shape index (κ1) is 26.9. The van der Waals surface area contributed by atoms with Crippen molar-refractivity contribution in [1.29, 1.82) is 0 Å². The number of Topliss-reactive ketones (excluding diaryl/α,β-unsaturated/α-hetero) is 1. The molecule has 0 spiro atoms. The summed E-state index contributed by atoms with van der Waals surface area (Å²) in [4.78, 5) is 25.4. The van der Waals surface area contributed by atoms with Crippen LogP contribution in [-0.2, 0) is 9.59 Å². The lowest BCUT2D eigenvalue weighted by atomic mass is 10.2. The van der Waals surface area contributed by atoms with Crippen LogP contribution in [0.5, 0.6) is 23.0 Å². The summed E-state index contributed by atoms with van der Waals surface area (Å²) < 4.78 is 22.3. The van der Waals surface area contributed by atoms with E-state index in [1.807, 2.05) is 20.8 Å². The molecular weight excluding hydrogens is 462 g/mol. The standard InChI is InChI=1S/C24H30ClN3O6/c1-6-31-16-13-14-19(34-9-4)23(20(16)25)26-24(30)21(15(5)29)27-28-22-17(32-7-2)11-10-12-18(22)33-8-3/h10-14,21H,6-9H2,1-5H3,(H,26,30). The Morgan fingerprint density at radius 2 is 1.35 bits per heavy atom. The van der Waals surface area contributed by atoms with Crippen LogP contribution in [0.25, 0.3) is 0 Å². The van der Waals surface area contributed by atoms with Crippen LogP contribution in [0.3, 0.4) is 0 Å². The van der Waals surface area contributed by atoms with E-state index < -0.39 is 17.7 Å². The van der Waals surface area contributed by atoms with Gasteiger partial charge in [-0.05, 0) is 58.9 Å². The first-order chi connectivity index (χ1) is 16.4. The van der Waals surface area contributed by atoms with E-state index in [1.165, 1.54) is 6.92 Å². The second-order valence-electron chi connectivity index (χ2n) is 6.80. The fraction of sp³-hybridized carbons (Fsp3) is 0.417. The number of hydrogen-bond acceptors (Lipinski definition) is 8. The number of ketones is 1. The molecule has 0 heterocycles. The predicted molar refractivity (Wildman–Crippen MR) is 130 cm³/mol. The fourth-order valence-corrected chi connectivity index (χ4v) is 3.23. The van der Waals surface area contributed by atoms with Gasteiger partial charge in [0.1, 0.15) is 22.2 Å². The Balaban J connectivity index is 2.41. The van der Waals surface area contributed by atoms with Gasteiger partial charge in [-0.3, -0.25) is 9.59 Å². The average Bonchev–Trinajstić information content (AvgIpc) is 2.80. The van der Waals surface area contributed by atoms with Gasteiger partial charge >= 0.3 is 0 Å². The second-order valence-corrected chi connectivity index (χ2v) is 7.18. The van der Waals surface area contributed by atoms with Gasteiger partial charge in [-0.2, -0.15) is 5.11 Å². The van der Waals surface area contributed by atoms with E-state index in [-0.39, 0.29) is 16.4 Å². The lowest BCUT2D eigenvalue weighted by Gasteiger charge is -2.17. The Morgan fingerprint density at radius 1 is 0.853 bits per heavy atom. The molecule has 184 valence electrons. The summed E-state index contributed by atoms with van der Waals surface area (Å²) in [7, 11) is 0. The third kappa shape index (κ3) is 6.84. The van der Waals surface area contributed by atoms with Crippen molar-refractivity contribution in [3.8, 4) is 23.0 Å². The number of ether oxygens (including phenoxy) is 4. The summed E-state index contributed by atoms with van der Waals surface area (Å²) in [6.45, 7) is 10.0. The Hall–Kier alpha value is -3.33. The highest BCUT2D eigenvalue weighted by molar-refractivity contribution is 6.35. The van der Waals surface area contributed by atoms with Gasteiger partial charge in [-0.1, -0.05) is 17.7 Å². The molecule has 0 aromatic heterocycles. The smallest absolute Gasteiger partial charge is 0.258 e. The lowest BCUT2D eigenvalue weighted by molar-refractivity contribution is -0.126. The summed E-state index contributed by atoms with van der Waals surface area (Å²) in [5, 5.41) is 11.0. The van der Waals surface area contributed by atoms with Gasteiger partial charge in [0, 0.05) is 0 Å². The summed E-state index contributed by atoms with van der Waals surface area (Å²) >= 11 is 6.45. The Morgan fingerprint density at radius 3 is 1.88 bits per heavy atom. The zero-order valence-electron chi connectivity index (χ0n) is 20.0. The van der Waals surface area contributed by atoms with Crippen LogP contribution in [-0.4, -0.2) is 44.2 Å². The highest BCUT2D eigenvalue weighted by Gasteiger charge is 2.26. The van der Waals surface area contributed by atoms with Crippen molar-refractivity contribution < 1.29 is 28.5 Å². The molecule has 34 heavy (non-hydrogen) atoms. The van der Waals surface area contributed by atoms with Gasteiger partial charge in [0.05, 0.1) is 26.4 Å². The molecule has 0 fully saturated rings. The van der Waals surface area contributed by atoms with Crippen LogP contribution < -0.4 is 24.3 Å². The fourth-order valence-electron chi connectivity index (χ4n) is 2.97. The van der Waals surface area contributed by atoms with Crippen LogP contribution in [0.15, 0.2) is 40.6 Å². The molecular formula is C24H30ClN3O6. The SMILES string of the molecule is CCOc1ccc(OCC)c(NC(=O)C(N=Nc2c(OCC)cccc2OCC)C(C)=O)c1Cl. The van der Waals surface area contributed by atoms with Crippen molar-refractivity contribution in [3.63, 3.8) is 0 Å². The number of amides is 1. The van der Waals surface area contributed by atoms with E-state index in [9.17, 15) is 9.59 Å². The van der Waals surface area contributed by atoms with Gasteiger partial charge in [0.15, 0.2) is 23.0 Å². The molecule has 10 heteroatoms. The Labute approximate surface area is 204 Å². The number of rotatable bonds is 13. The molecule has 0 aliphatic heterocycles. The minimum absolute atomic E-state index is 0.153. The highest BCUT2D eigenvalue weighted by atomic mass is 35.5. The maximum Gasteiger partial charge on any atom is 0.258 e. The largest absolute Gasteiger partial charge is 0.492 e. The summed E-state index contributed by atoms with van der Waals surface area (Å²) in [5.41, 5.74) is 0.474. The van der Waals surface area contributed by atoms with Crippen LogP contribution in [0, 0.1) is 0 Å². The first-order valence-corrected chi connectivity index (χ1v) is 11.4. The van der Waals surface area contributed by atoms with E-state index in [0.717, 1.165) is 0 Å². The maximum atomic E-state index is 13.1. The van der Waals surface area contributed by atoms with E-state index in [1.54, 1.807) is 37.3 Å². The number of carbonyl (C=O) groups excluding carboxylic acids is 2. The van der Waals surface area contributed by atoms with Crippen molar-refractivity contribution >= 4 is 34.7 Å². The summed E-state index contributed by atoms with van der Waals surface area (Å²) in [5.74, 6) is 0.319. The van der Waals surface area contributed by atoms with Crippen molar-refractivity contribution in [2.45, 2.75) is 40.7 Å². The normalized spacial score (nSPS) is 11.7. The molecule has 9 nitrogen and oxygen atoms in total. The molecule has 1 unspecified atom stereocenters. The molecule has 2 aromatic carbocycles. The van der Waals surface area contributed by atoms with Gasteiger partial charge in [-0.25, -0.2) is 0 Å². The van der Waals surface area contributed by atoms with Crippen molar-refractivity contribution in [2.75, 3.05) is 31.7 Å². The van der Waals surface area contributed by atoms with E-state index in [2.05, 4.69) is 15.5 Å². The third-order valence-corrected chi connectivity index (χ3v) is 4.76. The monoisotopic (exact) mass is 491 g/mol. The Kier molecular flexibility index (Phi) is 10.6. The number of benzene rings is 2. The molecule has 0 radical (unpaired) electrons. The average molecular weight is 492 g/mol. The lowest BCUT2D eigenvalue weighted by Crippen LogP contribution is -2.32. The number of carbonyl (C=O) groups is 2. The molecule has 0 saturated heterocycles. The number of nitrogens with one attached hydrogen (secondary N) is 1. The van der Waals surface area contributed by atoms with E-state index in [0.29, 0.717) is 49.4 Å². The summed E-state index contributed by atoms with van der Waals surface area (Å²) in [6.07, 6.45) is 0. The maximum absolute atomic E-state index is 13.1. The number of hydrogen-bond donors (Lipinski definition) is 1. The number of nitrogens with zero attached hydrogens (tertiary/aromatic N) is 2. The van der Waals surface area contributed by atoms with E-state index >= 15 is 0 Å². The van der Waals surface area contributed by atoms with Crippen LogP contribution in [0.2, 0.25) is 5.02 Å². The number of azo groups is 1. The minimum atomic E-state index is -1.44. The van der Waals surface area contributed by atoms with Gasteiger partial charge in [-0.15, -0.1) is 5.11 Å². The van der Waals surface area contributed by atoms with Crippen molar-refractivity contribution in [1.82, 2.24) is 0 Å². The molecule has 1 amide bonds. The highest BCUT2D eigenvalue weighted by Crippen LogP contribution is 2.40. The van der Waals surface area contributed by atoms with Crippen LogP contribution in [0.4, 0.5) is 11.4 Å². The first-order valence-electron chi connectivity index (χ1n) is 11.1. The molecule has 0 saturated carbocycles. The third-order valence-electron chi connectivity index (χ3n) is 4.38. The molecule has 1 N–H and O–H groups in total. The quantitative estimate of drug-likeness (QED) is 0.288. The molecule has 2 aromatic rings. The molecule has 0 aliphatic rings. The Bertz CT molecular complexity index is 1000. The molecule has 0 bridgehead atoms. The van der Waals surface area contributed by atoms with Crippen LogP contribution >= 0.6 is 11.6 Å². The predicted octanol–water partition coefficient (Wildman–Crippen LogP) is 5.61. The molecule has 1 atom stereocenters. The van der Waals surface area contributed by atoms with Gasteiger partial charge in [0.25, 0.3) is 5.91 Å².